The largest absolute Gasteiger partial charge is 0.371 e. The van der Waals surface area contributed by atoms with Crippen LogP contribution in [0.4, 0.5) is 0 Å². The first-order chi connectivity index (χ1) is 5.33. The minimum absolute atomic E-state index is 0. The van der Waals surface area contributed by atoms with Crippen molar-refractivity contribution in [2.45, 2.75) is 6.42 Å². The SMILES string of the molecule is OCO.OCO.[C-]1=CC=CC1.[Ti]. The van der Waals surface area contributed by atoms with E-state index in [2.05, 4.69) is 12.2 Å². The van der Waals surface area contributed by atoms with E-state index >= 15 is 0 Å². The number of hydrogen-bond acceptors (Lipinski definition) is 4. The Kier molecular flexibility index (Phi) is 33.6. The van der Waals surface area contributed by atoms with E-state index in [0.717, 1.165) is 6.42 Å². The Bertz CT molecular complexity index is 91.6. The average Bonchev–Trinajstić information content (AvgIpc) is 2.44. The molecule has 0 spiro atoms. The van der Waals surface area contributed by atoms with E-state index in [4.69, 9.17) is 20.4 Å². The zero-order chi connectivity index (χ0) is 8.95. The maximum Gasteiger partial charge on any atom is 0.140 e. The number of aliphatic hydroxyl groups excluding tert-OH is 2. The van der Waals surface area contributed by atoms with Gasteiger partial charge in [-0.25, -0.2) is 12.2 Å². The molecule has 0 amide bonds. The van der Waals surface area contributed by atoms with Crippen LogP contribution in [0.5, 0.6) is 0 Å². The zero-order valence-electron chi connectivity index (χ0n) is 6.64. The molecule has 0 atom stereocenters. The molecule has 1 aliphatic rings. The normalized spacial score (nSPS) is 10.3. The van der Waals surface area contributed by atoms with Gasteiger partial charge in [-0.05, 0) is 0 Å². The molecule has 0 radical (unpaired) electrons. The maximum atomic E-state index is 7.12. The Labute approximate surface area is 86.7 Å². The van der Waals surface area contributed by atoms with Gasteiger partial charge in [0.1, 0.15) is 13.6 Å². The third-order valence-electron chi connectivity index (χ3n) is 0.586. The molecule has 0 aromatic carbocycles. The smallest absolute Gasteiger partial charge is 0.140 e. The van der Waals surface area contributed by atoms with E-state index in [1.807, 2.05) is 12.2 Å². The molecule has 12 heavy (non-hydrogen) atoms. The summed E-state index contributed by atoms with van der Waals surface area (Å²) in [4.78, 5) is 0. The van der Waals surface area contributed by atoms with Crippen molar-refractivity contribution < 1.29 is 42.1 Å². The Morgan fingerprint density at radius 1 is 1.08 bits per heavy atom. The van der Waals surface area contributed by atoms with Crippen LogP contribution in [0.2, 0.25) is 0 Å². The number of hydrogen-bond donors (Lipinski definition) is 4. The van der Waals surface area contributed by atoms with Gasteiger partial charge in [-0.2, -0.15) is 6.08 Å². The molecule has 4 nitrogen and oxygen atoms in total. The van der Waals surface area contributed by atoms with Crippen LogP contribution in [0.25, 0.3) is 0 Å². The van der Waals surface area contributed by atoms with E-state index in [9.17, 15) is 0 Å². The van der Waals surface area contributed by atoms with Crippen LogP contribution in [0.3, 0.4) is 0 Å². The molecule has 0 fully saturated rings. The summed E-state index contributed by atoms with van der Waals surface area (Å²) in [5, 5.41) is 28.5. The van der Waals surface area contributed by atoms with Gasteiger partial charge < -0.3 is 20.4 Å². The maximum absolute atomic E-state index is 7.12. The molecular formula is C7H13O4Ti-. The third-order valence-corrected chi connectivity index (χ3v) is 0.586. The van der Waals surface area contributed by atoms with Crippen molar-refractivity contribution in [3.63, 3.8) is 0 Å². The standard InChI is InChI=1S/C5H5.2CH4O2.Ti/c1-2-4-5-3-1;2*2-1-3;/h1-3H,4H2;2*2-3H,1H2;/q-1;;;. The Hall–Kier alpha value is 0.0343. The fourth-order valence-electron chi connectivity index (χ4n) is 0.340. The summed E-state index contributed by atoms with van der Waals surface area (Å²) < 4.78 is 0. The van der Waals surface area contributed by atoms with Gasteiger partial charge in [0.2, 0.25) is 0 Å². The molecular weight excluding hydrogens is 196 g/mol. The fraction of sp³-hybridized carbons (Fsp3) is 0.429. The van der Waals surface area contributed by atoms with Crippen LogP contribution >= 0.6 is 0 Å². The van der Waals surface area contributed by atoms with Crippen molar-refractivity contribution in [2.24, 2.45) is 0 Å². The van der Waals surface area contributed by atoms with Gasteiger partial charge in [0.25, 0.3) is 0 Å². The first-order valence-electron chi connectivity index (χ1n) is 2.98. The van der Waals surface area contributed by atoms with Crippen LogP contribution in [-0.4, -0.2) is 34.0 Å². The minimum Gasteiger partial charge on any atom is -0.371 e. The minimum atomic E-state index is -0.750. The number of allylic oxidation sites excluding steroid dienone is 4. The second-order valence-corrected chi connectivity index (χ2v) is 1.29. The monoisotopic (exact) mass is 209 g/mol. The Balaban J connectivity index is -0.000000104. The van der Waals surface area contributed by atoms with Crippen molar-refractivity contribution in [2.75, 3.05) is 13.6 Å². The average molecular weight is 209 g/mol. The summed E-state index contributed by atoms with van der Waals surface area (Å²) in [5.41, 5.74) is 0. The fourth-order valence-corrected chi connectivity index (χ4v) is 0.340. The van der Waals surface area contributed by atoms with Crippen molar-refractivity contribution in [1.82, 2.24) is 0 Å². The van der Waals surface area contributed by atoms with E-state index in [0.29, 0.717) is 0 Å². The number of aliphatic hydroxyl groups is 4. The van der Waals surface area contributed by atoms with Gasteiger partial charge in [0.05, 0.1) is 0 Å². The molecule has 4 N–H and O–H groups in total. The molecule has 0 unspecified atom stereocenters. The predicted octanol–water partition coefficient (Wildman–Crippen LogP) is -0.840. The molecule has 0 aromatic rings. The molecule has 1 aliphatic carbocycles. The van der Waals surface area contributed by atoms with E-state index in [1.165, 1.54) is 0 Å². The molecule has 0 aliphatic heterocycles. The van der Waals surface area contributed by atoms with Gasteiger partial charge in [0, 0.05) is 21.7 Å². The molecule has 1 rings (SSSR count). The van der Waals surface area contributed by atoms with E-state index in [-0.39, 0.29) is 21.7 Å². The van der Waals surface area contributed by atoms with Gasteiger partial charge in [-0.3, -0.25) is 6.08 Å². The van der Waals surface area contributed by atoms with E-state index < -0.39 is 13.6 Å². The van der Waals surface area contributed by atoms with Gasteiger partial charge >= 0.3 is 0 Å². The van der Waals surface area contributed by atoms with Crippen LogP contribution in [-0.2, 0) is 21.7 Å². The van der Waals surface area contributed by atoms with Crippen molar-refractivity contribution in [1.29, 1.82) is 0 Å². The van der Waals surface area contributed by atoms with Crippen molar-refractivity contribution in [3.05, 3.63) is 24.3 Å². The van der Waals surface area contributed by atoms with Crippen LogP contribution in [0.1, 0.15) is 6.42 Å². The van der Waals surface area contributed by atoms with Gasteiger partial charge in [-0.15, -0.1) is 6.42 Å². The molecule has 5 heteroatoms. The zero-order valence-corrected chi connectivity index (χ0v) is 8.20. The molecule has 0 saturated carbocycles. The van der Waals surface area contributed by atoms with Crippen LogP contribution in [0, 0.1) is 6.08 Å². The molecule has 70 valence electrons. The quantitative estimate of drug-likeness (QED) is 0.238. The second-order valence-electron chi connectivity index (χ2n) is 1.29. The molecule has 0 aromatic heterocycles. The van der Waals surface area contributed by atoms with E-state index in [1.54, 1.807) is 0 Å². The predicted molar refractivity (Wildman–Crippen MR) is 40.2 cm³/mol. The third kappa shape index (κ3) is 32.3. The van der Waals surface area contributed by atoms with Gasteiger partial charge in [-0.1, -0.05) is 0 Å². The van der Waals surface area contributed by atoms with Crippen molar-refractivity contribution >= 4 is 0 Å². The topological polar surface area (TPSA) is 80.9 Å². The summed E-state index contributed by atoms with van der Waals surface area (Å²) in [6.45, 7) is -1.50. The molecule has 0 saturated heterocycles. The summed E-state index contributed by atoms with van der Waals surface area (Å²) in [6.07, 6.45) is 10.0. The summed E-state index contributed by atoms with van der Waals surface area (Å²) in [5.74, 6) is 0. The Morgan fingerprint density at radius 2 is 1.50 bits per heavy atom. The molecule has 0 bridgehead atoms. The van der Waals surface area contributed by atoms with Gasteiger partial charge in [0.15, 0.2) is 0 Å². The summed E-state index contributed by atoms with van der Waals surface area (Å²) in [7, 11) is 0. The Morgan fingerprint density at radius 3 is 1.58 bits per heavy atom. The summed E-state index contributed by atoms with van der Waals surface area (Å²) >= 11 is 0. The second kappa shape index (κ2) is 22.5. The first kappa shape index (κ1) is 18.0. The van der Waals surface area contributed by atoms with Crippen molar-refractivity contribution in [3.8, 4) is 0 Å². The summed E-state index contributed by atoms with van der Waals surface area (Å²) in [6, 6.07) is 0. The number of rotatable bonds is 0. The van der Waals surface area contributed by atoms with Crippen LogP contribution in [0.15, 0.2) is 18.2 Å². The van der Waals surface area contributed by atoms with Crippen LogP contribution < -0.4 is 0 Å². The first-order valence-corrected chi connectivity index (χ1v) is 2.98. The molecule has 0 heterocycles.